The zero-order valence-electron chi connectivity index (χ0n) is 11.2. The largest absolute Gasteiger partial charge is 0.307 e. The topological polar surface area (TPSA) is 24.9 Å². The van der Waals surface area contributed by atoms with E-state index in [9.17, 15) is 4.39 Å². The molecule has 1 aromatic carbocycles. The first-order valence-electron chi connectivity index (χ1n) is 6.79. The fourth-order valence-electron chi connectivity index (χ4n) is 2.62. The lowest BCUT2D eigenvalue weighted by Crippen LogP contribution is -2.17. The molecule has 0 radical (unpaired) electrons. The molecule has 2 nitrogen and oxygen atoms in total. The Morgan fingerprint density at radius 3 is 2.85 bits per heavy atom. The summed E-state index contributed by atoms with van der Waals surface area (Å²) in [6.45, 7) is 0. The molecule has 1 aromatic heterocycles. The van der Waals surface area contributed by atoms with E-state index in [2.05, 4.69) is 5.32 Å². The normalized spacial score (nSPS) is 15.9. The van der Waals surface area contributed by atoms with E-state index in [0.717, 1.165) is 23.4 Å². The van der Waals surface area contributed by atoms with Crippen LogP contribution >= 0.6 is 22.9 Å². The van der Waals surface area contributed by atoms with Gasteiger partial charge in [-0.1, -0.05) is 17.7 Å². The summed E-state index contributed by atoms with van der Waals surface area (Å²) >= 11 is 7.65. The standard InChI is InChI=1S/C15H16ClFN2S/c1-18-14(9-6-7-11(17)10(16)8-9)15-19-12-4-2-3-5-13(12)20-15/h6-8,14,18H,2-5H2,1H3. The minimum absolute atomic E-state index is 0.0244. The van der Waals surface area contributed by atoms with Crippen molar-refractivity contribution in [1.82, 2.24) is 10.3 Å². The number of halogens is 2. The van der Waals surface area contributed by atoms with Crippen LogP contribution in [0.4, 0.5) is 4.39 Å². The fourth-order valence-corrected chi connectivity index (χ4v) is 4.10. The van der Waals surface area contributed by atoms with Crippen LogP contribution in [-0.4, -0.2) is 12.0 Å². The Bertz CT molecular complexity index is 603. The number of fused-ring (bicyclic) bond motifs is 1. The van der Waals surface area contributed by atoms with Gasteiger partial charge >= 0.3 is 0 Å². The minimum Gasteiger partial charge on any atom is -0.307 e. The van der Waals surface area contributed by atoms with Crippen LogP contribution in [0.3, 0.4) is 0 Å². The lowest BCUT2D eigenvalue weighted by atomic mass is 10.0. The summed E-state index contributed by atoms with van der Waals surface area (Å²) in [6, 6.07) is 4.83. The third-order valence-corrected chi connectivity index (χ3v) is 5.19. The van der Waals surface area contributed by atoms with Gasteiger partial charge in [0, 0.05) is 4.88 Å². The quantitative estimate of drug-likeness (QED) is 0.922. The second kappa shape index (κ2) is 5.80. The molecule has 2 aromatic rings. The summed E-state index contributed by atoms with van der Waals surface area (Å²) < 4.78 is 13.3. The van der Waals surface area contributed by atoms with Gasteiger partial charge in [-0.05, 0) is 50.4 Å². The van der Waals surface area contributed by atoms with E-state index in [1.54, 1.807) is 23.5 Å². The molecule has 20 heavy (non-hydrogen) atoms. The molecule has 1 unspecified atom stereocenters. The lowest BCUT2D eigenvalue weighted by Gasteiger charge is -2.14. The van der Waals surface area contributed by atoms with Crippen LogP contribution in [0.2, 0.25) is 5.02 Å². The van der Waals surface area contributed by atoms with Crippen LogP contribution in [0.25, 0.3) is 0 Å². The number of nitrogens with one attached hydrogen (secondary N) is 1. The number of aromatic nitrogens is 1. The molecule has 0 bridgehead atoms. The monoisotopic (exact) mass is 310 g/mol. The molecule has 0 fully saturated rings. The van der Waals surface area contributed by atoms with Crippen molar-refractivity contribution in [3.63, 3.8) is 0 Å². The van der Waals surface area contributed by atoms with E-state index in [4.69, 9.17) is 16.6 Å². The Morgan fingerprint density at radius 2 is 2.15 bits per heavy atom. The number of rotatable bonds is 3. The van der Waals surface area contributed by atoms with Crippen molar-refractivity contribution in [2.75, 3.05) is 7.05 Å². The predicted molar refractivity (Wildman–Crippen MR) is 81.1 cm³/mol. The van der Waals surface area contributed by atoms with E-state index < -0.39 is 0 Å². The summed E-state index contributed by atoms with van der Waals surface area (Å²) in [5, 5.41) is 4.46. The zero-order valence-corrected chi connectivity index (χ0v) is 12.8. The van der Waals surface area contributed by atoms with Gasteiger partial charge in [-0.15, -0.1) is 11.3 Å². The Kier molecular flexibility index (Phi) is 4.06. The molecule has 0 aliphatic heterocycles. The highest BCUT2D eigenvalue weighted by Crippen LogP contribution is 2.33. The summed E-state index contributed by atoms with van der Waals surface area (Å²) in [5.41, 5.74) is 2.19. The van der Waals surface area contributed by atoms with Crippen molar-refractivity contribution in [2.24, 2.45) is 0 Å². The molecule has 1 aliphatic carbocycles. The molecule has 3 rings (SSSR count). The maximum absolute atomic E-state index is 13.3. The molecule has 1 atom stereocenters. The Hall–Kier alpha value is -0.970. The van der Waals surface area contributed by atoms with Crippen molar-refractivity contribution >= 4 is 22.9 Å². The SMILES string of the molecule is CNC(c1ccc(F)c(Cl)c1)c1nc2c(s1)CCCC2. The number of thiazole rings is 1. The molecule has 1 heterocycles. The van der Waals surface area contributed by atoms with Gasteiger partial charge in [0.15, 0.2) is 0 Å². The third kappa shape index (κ3) is 2.60. The van der Waals surface area contributed by atoms with Crippen molar-refractivity contribution in [3.8, 4) is 0 Å². The van der Waals surface area contributed by atoms with Crippen LogP contribution in [0, 0.1) is 5.82 Å². The first kappa shape index (κ1) is 14.0. The van der Waals surface area contributed by atoms with Crippen LogP contribution in [0.15, 0.2) is 18.2 Å². The number of hydrogen-bond donors (Lipinski definition) is 1. The van der Waals surface area contributed by atoms with E-state index in [1.165, 1.54) is 29.5 Å². The van der Waals surface area contributed by atoms with Gasteiger partial charge in [-0.2, -0.15) is 0 Å². The fraction of sp³-hybridized carbons (Fsp3) is 0.400. The maximum Gasteiger partial charge on any atom is 0.141 e. The zero-order chi connectivity index (χ0) is 14.1. The van der Waals surface area contributed by atoms with Gasteiger partial charge in [-0.3, -0.25) is 0 Å². The smallest absolute Gasteiger partial charge is 0.141 e. The van der Waals surface area contributed by atoms with Crippen LogP contribution in [-0.2, 0) is 12.8 Å². The summed E-state index contributed by atoms with van der Waals surface area (Å²) in [4.78, 5) is 6.17. The average molecular weight is 311 g/mol. The summed E-state index contributed by atoms with van der Waals surface area (Å²) in [7, 11) is 1.89. The van der Waals surface area contributed by atoms with Gasteiger partial charge in [-0.25, -0.2) is 9.37 Å². The number of benzene rings is 1. The summed E-state index contributed by atoms with van der Waals surface area (Å²) in [5.74, 6) is -0.385. The molecule has 1 N–H and O–H groups in total. The minimum atomic E-state index is -0.385. The van der Waals surface area contributed by atoms with E-state index in [1.807, 2.05) is 7.05 Å². The molecule has 5 heteroatoms. The van der Waals surface area contributed by atoms with Crippen LogP contribution in [0.5, 0.6) is 0 Å². The van der Waals surface area contributed by atoms with Crippen molar-refractivity contribution in [1.29, 1.82) is 0 Å². The molecule has 1 aliphatic rings. The first-order valence-corrected chi connectivity index (χ1v) is 7.99. The van der Waals surface area contributed by atoms with Gasteiger partial charge < -0.3 is 5.32 Å². The lowest BCUT2D eigenvalue weighted by molar-refractivity contribution is 0.623. The van der Waals surface area contributed by atoms with E-state index in [0.29, 0.717) is 0 Å². The maximum atomic E-state index is 13.3. The van der Waals surface area contributed by atoms with Gasteiger partial charge in [0.1, 0.15) is 10.8 Å². The highest BCUT2D eigenvalue weighted by Gasteiger charge is 2.21. The molecule has 0 amide bonds. The van der Waals surface area contributed by atoms with Crippen LogP contribution < -0.4 is 5.32 Å². The molecule has 0 spiro atoms. The van der Waals surface area contributed by atoms with Crippen LogP contribution in [0.1, 0.15) is 40.0 Å². The van der Waals surface area contributed by atoms with Crippen molar-refractivity contribution < 1.29 is 4.39 Å². The number of nitrogens with zero attached hydrogens (tertiary/aromatic N) is 1. The molecular formula is C15H16ClFN2S. The second-order valence-electron chi connectivity index (χ2n) is 5.02. The third-order valence-electron chi connectivity index (χ3n) is 3.67. The molecule has 0 saturated heterocycles. The summed E-state index contributed by atoms with van der Waals surface area (Å²) in [6.07, 6.45) is 4.68. The van der Waals surface area contributed by atoms with Gasteiger partial charge in [0.25, 0.3) is 0 Å². The van der Waals surface area contributed by atoms with E-state index in [-0.39, 0.29) is 16.9 Å². The average Bonchev–Trinajstić information content (AvgIpc) is 2.87. The second-order valence-corrected chi connectivity index (χ2v) is 6.55. The van der Waals surface area contributed by atoms with Crippen molar-refractivity contribution in [2.45, 2.75) is 31.7 Å². The Balaban J connectivity index is 1.96. The highest BCUT2D eigenvalue weighted by molar-refractivity contribution is 7.11. The van der Waals surface area contributed by atoms with Gasteiger partial charge in [0.2, 0.25) is 0 Å². The molecule has 106 valence electrons. The van der Waals surface area contributed by atoms with Gasteiger partial charge in [0.05, 0.1) is 16.8 Å². The predicted octanol–water partition coefficient (Wildman–Crippen LogP) is 4.12. The Morgan fingerprint density at radius 1 is 1.35 bits per heavy atom. The molecular weight excluding hydrogens is 295 g/mol. The van der Waals surface area contributed by atoms with E-state index >= 15 is 0 Å². The number of hydrogen-bond acceptors (Lipinski definition) is 3. The first-order chi connectivity index (χ1) is 9.69. The molecule has 0 saturated carbocycles. The highest BCUT2D eigenvalue weighted by atomic mass is 35.5. The number of aryl methyl sites for hydroxylation is 2. The van der Waals surface area contributed by atoms with Crippen molar-refractivity contribution in [3.05, 3.63) is 50.2 Å². The Labute approximate surface area is 127 Å².